The van der Waals surface area contributed by atoms with Crippen LogP contribution in [0.25, 0.3) is 22.4 Å². The number of carbonyl (C=O) groups excluding carboxylic acids is 1. The third-order valence-electron chi connectivity index (χ3n) is 3.83. The maximum Gasteiger partial charge on any atom is 0.260 e. The lowest BCUT2D eigenvalue weighted by Gasteiger charge is -2.06. The molecule has 1 amide bonds. The van der Waals surface area contributed by atoms with E-state index in [0.29, 0.717) is 22.0 Å². The number of anilines is 3. The van der Waals surface area contributed by atoms with Gasteiger partial charge in [0.15, 0.2) is 0 Å². The number of nitrogen functional groups attached to an aromatic ring is 1. The first-order valence-corrected chi connectivity index (χ1v) is 8.44. The van der Waals surface area contributed by atoms with Crippen molar-refractivity contribution in [1.82, 2.24) is 9.97 Å². The molecule has 0 saturated carbocycles. The quantitative estimate of drug-likeness (QED) is 0.450. The highest BCUT2D eigenvalue weighted by Gasteiger charge is 2.23. The molecule has 4 aromatic rings. The van der Waals surface area contributed by atoms with Crippen molar-refractivity contribution in [2.75, 3.05) is 11.1 Å². The van der Waals surface area contributed by atoms with Gasteiger partial charge in [0, 0.05) is 5.69 Å². The van der Waals surface area contributed by atoms with Crippen LogP contribution in [0.3, 0.4) is 0 Å². The number of aromatic nitrogens is 2. The lowest BCUT2D eigenvalue weighted by molar-refractivity contribution is 0.100. The Kier molecular flexibility index (Phi) is 3.62. The smallest absolute Gasteiger partial charge is 0.260 e. The summed E-state index contributed by atoms with van der Waals surface area (Å²) in [6, 6.07) is 17.4. The van der Waals surface area contributed by atoms with E-state index in [9.17, 15) is 4.79 Å². The number of carbonyl (C=O) groups is 1. The molecule has 7 heteroatoms. The number of imidazole rings is 1. The molecule has 0 aliphatic heterocycles. The van der Waals surface area contributed by atoms with Crippen molar-refractivity contribution in [3.8, 4) is 11.4 Å². The van der Waals surface area contributed by atoms with Crippen molar-refractivity contribution in [2.24, 2.45) is 5.73 Å². The van der Waals surface area contributed by atoms with Gasteiger partial charge >= 0.3 is 0 Å². The summed E-state index contributed by atoms with van der Waals surface area (Å²) in [6.07, 6.45) is 0. The monoisotopic (exact) mass is 349 g/mol. The number of nitrogens with zero attached hydrogens (tertiary/aromatic N) is 1. The van der Waals surface area contributed by atoms with Crippen LogP contribution in [0.1, 0.15) is 9.67 Å². The summed E-state index contributed by atoms with van der Waals surface area (Å²) < 4.78 is 0. The maximum absolute atomic E-state index is 11.7. The largest absolute Gasteiger partial charge is 0.397 e. The number of aromatic amines is 1. The van der Waals surface area contributed by atoms with Crippen molar-refractivity contribution in [2.45, 2.75) is 0 Å². The highest BCUT2D eigenvalue weighted by Crippen LogP contribution is 2.43. The number of hydrogen-bond donors (Lipinski definition) is 4. The summed E-state index contributed by atoms with van der Waals surface area (Å²) in [4.78, 5) is 19.9. The zero-order valence-corrected chi connectivity index (χ0v) is 13.9. The topological polar surface area (TPSA) is 110 Å². The Morgan fingerprint density at radius 3 is 2.52 bits per heavy atom. The van der Waals surface area contributed by atoms with Crippen molar-refractivity contribution in [3.63, 3.8) is 0 Å². The first kappa shape index (κ1) is 15.2. The lowest BCUT2D eigenvalue weighted by atomic mass is 10.2. The minimum Gasteiger partial charge on any atom is -0.397 e. The minimum absolute atomic E-state index is 0.314. The maximum atomic E-state index is 11.7. The molecule has 2 heterocycles. The van der Waals surface area contributed by atoms with Gasteiger partial charge in [-0.15, -0.1) is 11.3 Å². The number of hydrogen-bond acceptors (Lipinski definition) is 5. The average Bonchev–Trinajstić information content (AvgIpc) is 3.16. The molecule has 124 valence electrons. The minimum atomic E-state index is -0.555. The normalized spacial score (nSPS) is 10.9. The van der Waals surface area contributed by atoms with Crippen LogP contribution in [-0.4, -0.2) is 15.9 Å². The standard InChI is InChI=1S/C18H15N5OS/c19-14-13(17-22-11-8-4-5-9-12(11)23-17)18(25-15(14)16(20)24)21-10-6-2-1-3-7-10/h1-9,21H,19H2,(H2,20,24)(H,22,23). The van der Waals surface area contributed by atoms with Gasteiger partial charge in [-0.25, -0.2) is 4.98 Å². The van der Waals surface area contributed by atoms with Gasteiger partial charge in [-0.2, -0.15) is 0 Å². The van der Waals surface area contributed by atoms with E-state index >= 15 is 0 Å². The van der Waals surface area contributed by atoms with Crippen LogP contribution in [0.2, 0.25) is 0 Å². The number of nitrogens with two attached hydrogens (primary N) is 2. The Morgan fingerprint density at radius 1 is 1.08 bits per heavy atom. The fourth-order valence-corrected chi connectivity index (χ4v) is 3.67. The molecule has 2 aromatic carbocycles. The predicted molar refractivity (Wildman–Crippen MR) is 102 cm³/mol. The number of amides is 1. The number of thiophene rings is 1. The Labute approximate surface area is 147 Å². The predicted octanol–water partition coefficient (Wildman–Crippen LogP) is 3.72. The molecule has 0 aliphatic carbocycles. The van der Waals surface area contributed by atoms with Gasteiger partial charge in [-0.1, -0.05) is 30.3 Å². The van der Waals surface area contributed by atoms with E-state index in [1.165, 1.54) is 11.3 Å². The number of fused-ring (bicyclic) bond motifs is 1. The van der Waals surface area contributed by atoms with Crippen LogP contribution in [0.5, 0.6) is 0 Å². The van der Waals surface area contributed by atoms with E-state index in [0.717, 1.165) is 21.7 Å². The lowest BCUT2D eigenvalue weighted by Crippen LogP contribution is -2.10. The molecule has 6 nitrogen and oxygen atoms in total. The second-order valence-electron chi connectivity index (χ2n) is 5.51. The zero-order chi connectivity index (χ0) is 17.4. The first-order valence-electron chi connectivity index (χ1n) is 7.62. The Morgan fingerprint density at radius 2 is 1.80 bits per heavy atom. The Hall–Kier alpha value is -3.32. The molecule has 0 spiro atoms. The SMILES string of the molecule is NC(=O)c1sc(Nc2ccccc2)c(-c2nc3ccccc3[nH]2)c1N. The molecule has 0 saturated heterocycles. The van der Waals surface area contributed by atoms with Gasteiger partial charge in [0.05, 0.1) is 22.3 Å². The van der Waals surface area contributed by atoms with Crippen LogP contribution in [-0.2, 0) is 0 Å². The van der Waals surface area contributed by atoms with Crippen molar-refractivity contribution >= 4 is 44.7 Å². The van der Waals surface area contributed by atoms with E-state index in [1.54, 1.807) is 0 Å². The fourth-order valence-electron chi connectivity index (χ4n) is 2.67. The molecule has 0 fully saturated rings. The molecule has 0 unspecified atom stereocenters. The van der Waals surface area contributed by atoms with Crippen LogP contribution in [0.15, 0.2) is 54.6 Å². The molecule has 0 bridgehead atoms. The summed E-state index contributed by atoms with van der Waals surface area (Å²) in [6.45, 7) is 0. The van der Waals surface area contributed by atoms with Crippen LogP contribution < -0.4 is 16.8 Å². The van der Waals surface area contributed by atoms with Crippen LogP contribution >= 0.6 is 11.3 Å². The summed E-state index contributed by atoms with van der Waals surface area (Å²) in [7, 11) is 0. The van der Waals surface area contributed by atoms with Gasteiger partial charge in [-0.05, 0) is 24.3 Å². The van der Waals surface area contributed by atoms with E-state index in [4.69, 9.17) is 11.5 Å². The van der Waals surface area contributed by atoms with Crippen molar-refractivity contribution in [3.05, 3.63) is 59.5 Å². The third kappa shape index (κ3) is 2.70. The molecular formula is C18H15N5OS. The van der Waals surface area contributed by atoms with Crippen molar-refractivity contribution in [1.29, 1.82) is 0 Å². The molecule has 0 atom stereocenters. The Balaban J connectivity index is 1.88. The van der Waals surface area contributed by atoms with Gasteiger partial charge in [0.1, 0.15) is 15.7 Å². The number of nitrogens with one attached hydrogen (secondary N) is 2. The van der Waals surface area contributed by atoms with Crippen LogP contribution in [0.4, 0.5) is 16.4 Å². The van der Waals surface area contributed by atoms with E-state index < -0.39 is 5.91 Å². The summed E-state index contributed by atoms with van der Waals surface area (Å²) in [5, 5.41) is 4.02. The first-order chi connectivity index (χ1) is 12.1. The average molecular weight is 349 g/mol. The fraction of sp³-hybridized carbons (Fsp3) is 0. The number of H-pyrrole nitrogens is 1. The number of rotatable bonds is 4. The highest BCUT2D eigenvalue weighted by molar-refractivity contribution is 7.19. The highest BCUT2D eigenvalue weighted by atomic mass is 32.1. The summed E-state index contributed by atoms with van der Waals surface area (Å²) in [5.74, 6) is 0.0434. The molecule has 0 aliphatic rings. The second-order valence-corrected chi connectivity index (χ2v) is 6.53. The van der Waals surface area contributed by atoms with Gasteiger partial charge in [0.2, 0.25) is 0 Å². The zero-order valence-electron chi connectivity index (χ0n) is 13.1. The van der Waals surface area contributed by atoms with Gasteiger partial charge < -0.3 is 21.8 Å². The number of primary amides is 1. The van der Waals surface area contributed by atoms with E-state index in [2.05, 4.69) is 15.3 Å². The molecule has 25 heavy (non-hydrogen) atoms. The molecule has 2 aromatic heterocycles. The summed E-state index contributed by atoms with van der Waals surface area (Å²) in [5.41, 5.74) is 15.3. The number of benzene rings is 2. The molecular weight excluding hydrogens is 334 g/mol. The van der Waals surface area contributed by atoms with Crippen LogP contribution in [0, 0.1) is 0 Å². The molecule has 4 rings (SSSR count). The van der Waals surface area contributed by atoms with Crippen molar-refractivity contribution < 1.29 is 4.79 Å². The summed E-state index contributed by atoms with van der Waals surface area (Å²) >= 11 is 1.22. The third-order valence-corrected chi connectivity index (χ3v) is 4.96. The van der Waals surface area contributed by atoms with E-state index in [-0.39, 0.29) is 0 Å². The number of para-hydroxylation sites is 3. The van der Waals surface area contributed by atoms with E-state index in [1.807, 2.05) is 54.6 Å². The van der Waals surface area contributed by atoms with Gasteiger partial charge in [-0.3, -0.25) is 4.79 Å². The van der Waals surface area contributed by atoms with Gasteiger partial charge in [0.25, 0.3) is 5.91 Å². The molecule has 0 radical (unpaired) electrons. The molecule has 6 N–H and O–H groups in total. The second kappa shape index (κ2) is 5.95. The Bertz CT molecular complexity index is 1030.